The van der Waals surface area contributed by atoms with Crippen molar-refractivity contribution in [2.75, 3.05) is 11.5 Å². The summed E-state index contributed by atoms with van der Waals surface area (Å²) in [5, 5.41) is 11.8. The van der Waals surface area contributed by atoms with Crippen molar-refractivity contribution in [3.05, 3.63) is 55.6 Å². The smallest absolute Gasteiger partial charge is 0.312 e. The Morgan fingerprint density at radius 2 is 2.07 bits per heavy atom. The monoisotopic (exact) mass is 469 g/mol. The van der Waals surface area contributed by atoms with Gasteiger partial charge in [0, 0.05) is 18.0 Å². The molecular formula is C19H21BrClN3O4. The van der Waals surface area contributed by atoms with Gasteiger partial charge in [0.25, 0.3) is 0 Å². The molecule has 0 bridgehead atoms. The second kappa shape index (κ2) is 10.4. The lowest BCUT2D eigenvalue weighted by Crippen LogP contribution is -2.29. The molecule has 1 aromatic carbocycles. The molecule has 0 saturated heterocycles. The maximum Gasteiger partial charge on any atom is 0.312 e. The first-order valence-electron chi connectivity index (χ1n) is 8.83. The van der Waals surface area contributed by atoms with Crippen LogP contribution in [0.2, 0.25) is 5.02 Å². The van der Waals surface area contributed by atoms with E-state index in [0.29, 0.717) is 27.5 Å². The zero-order chi connectivity index (χ0) is 20.7. The van der Waals surface area contributed by atoms with Gasteiger partial charge in [0.15, 0.2) is 0 Å². The highest BCUT2D eigenvalue weighted by Crippen LogP contribution is 2.31. The zero-order valence-corrected chi connectivity index (χ0v) is 18.0. The highest BCUT2D eigenvalue weighted by Gasteiger charge is 2.25. The van der Waals surface area contributed by atoms with Crippen molar-refractivity contribution in [3.8, 4) is 5.75 Å². The normalized spacial score (nSPS) is 10.6. The number of nitrogens with zero attached hydrogens (tertiary/aromatic N) is 3. The van der Waals surface area contributed by atoms with Gasteiger partial charge in [-0.2, -0.15) is 0 Å². The molecule has 1 heterocycles. The summed E-state index contributed by atoms with van der Waals surface area (Å²) in [5.41, 5.74) is 0.374. The van der Waals surface area contributed by atoms with Crippen LogP contribution < -0.4 is 9.64 Å². The first-order chi connectivity index (χ1) is 13.3. The molecule has 0 spiro atoms. The van der Waals surface area contributed by atoms with Crippen molar-refractivity contribution in [1.29, 1.82) is 0 Å². The van der Waals surface area contributed by atoms with Gasteiger partial charge in [0.1, 0.15) is 10.4 Å². The van der Waals surface area contributed by atoms with E-state index in [9.17, 15) is 14.9 Å². The van der Waals surface area contributed by atoms with Crippen LogP contribution in [-0.4, -0.2) is 22.4 Å². The molecule has 28 heavy (non-hydrogen) atoms. The predicted octanol–water partition coefficient (Wildman–Crippen LogP) is 5.53. The highest BCUT2D eigenvalue weighted by molar-refractivity contribution is 9.10. The number of nitro groups is 1. The number of halogens is 2. The van der Waals surface area contributed by atoms with Gasteiger partial charge in [-0.25, -0.2) is 4.98 Å². The topological polar surface area (TPSA) is 85.6 Å². The van der Waals surface area contributed by atoms with Crippen molar-refractivity contribution < 1.29 is 14.5 Å². The van der Waals surface area contributed by atoms with E-state index in [1.165, 1.54) is 24.0 Å². The van der Waals surface area contributed by atoms with Crippen LogP contribution in [0.3, 0.4) is 0 Å². The van der Waals surface area contributed by atoms with Gasteiger partial charge in [0.2, 0.25) is 11.7 Å². The molecule has 1 amide bonds. The Hall–Kier alpha value is -2.19. The molecular weight excluding hydrogens is 450 g/mol. The molecule has 0 aliphatic heterocycles. The number of pyridine rings is 1. The van der Waals surface area contributed by atoms with Gasteiger partial charge >= 0.3 is 5.69 Å². The van der Waals surface area contributed by atoms with Gasteiger partial charge in [-0.05, 0) is 46.1 Å². The number of hydrogen-bond donors (Lipinski definition) is 0. The van der Waals surface area contributed by atoms with E-state index in [1.807, 2.05) is 0 Å². The van der Waals surface area contributed by atoms with E-state index >= 15 is 0 Å². The fraction of sp³-hybridized carbons (Fsp3) is 0.368. The van der Waals surface area contributed by atoms with Crippen LogP contribution in [0.1, 0.15) is 38.7 Å². The summed E-state index contributed by atoms with van der Waals surface area (Å²) in [6.07, 6.45) is 3.17. The maximum absolute atomic E-state index is 12.2. The molecule has 0 atom stereocenters. The number of carbonyl (C=O) groups is 1. The van der Waals surface area contributed by atoms with Crippen molar-refractivity contribution in [2.24, 2.45) is 0 Å². The second-order valence-electron chi connectivity index (χ2n) is 6.15. The third-order valence-corrected chi connectivity index (χ3v) is 4.82. The molecule has 0 aliphatic carbocycles. The summed E-state index contributed by atoms with van der Waals surface area (Å²) in [6, 6.07) is 7.96. The van der Waals surface area contributed by atoms with Crippen LogP contribution in [0, 0.1) is 10.1 Å². The quantitative estimate of drug-likeness (QED) is 0.208. The van der Waals surface area contributed by atoms with E-state index in [1.54, 1.807) is 18.2 Å². The Kier molecular flexibility index (Phi) is 8.19. The van der Waals surface area contributed by atoms with Crippen molar-refractivity contribution >= 4 is 44.9 Å². The van der Waals surface area contributed by atoms with Gasteiger partial charge in [-0.1, -0.05) is 37.4 Å². The fourth-order valence-corrected chi connectivity index (χ4v) is 3.08. The summed E-state index contributed by atoms with van der Waals surface area (Å²) in [4.78, 5) is 28.3. The largest absolute Gasteiger partial charge is 0.494 e. The summed E-state index contributed by atoms with van der Waals surface area (Å²) in [5.74, 6) is 0.221. The lowest BCUT2D eigenvalue weighted by Gasteiger charge is -2.21. The SMILES string of the molecule is CCCCCOc1ccc(CN(C(C)=O)c2nc(Br)ccc2[N+](=O)[O-])c(Cl)c1. The first-order valence-corrected chi connectivity index (χ1v) is 10.0. The van der Waals surface area contributed by atoms with E-state index in [0.717, 1.165) is 19.3 Å². The Morgan fingerprint density at radius 1 is 1.32 bits per heavy atom. The van der Waals surface area contributed by atoms with Gasteiger partial charge in [0.05, 0.1) is 18.1 Å². The average molecular weight is 471 g/mol. The van der Waals surface area contributed by atoms with Crippen LogP contribution in [0.15, 0.2) is 34.9 Å². The molecule has 2 rings (SSSR count). The molecule has 150 valence electrons. The number of rotatable bonds is 9. The van der Waals surface area contributed by atoms with Crippen LogP contribution in [0.25, 0.3) is 0 Å². The molecule has 0 saturated carbocycles. The Balaban J connectivity index is 2.25. The number of anilines is 1. The number of amides is 1. The number of ether oxygens (including phenoxy) is 1. The molecule has 0 N–H and O–H groups in total. The minimum absolute atomic E-state index is 0.0390. The van der Waals surface area contributed by atoms with Crippen molar-refractivity contribution in [1.82, 2.24) is 4.98 Å². The molecule has 1 aromatic heterocycles. The molecule has 2 aromatic rings. The van der Waals surface area contributed by atoms with E-state index < -0.39 is 4.92 Å². The minimum Gasteiger partial charge on any atom is -0.494 e. The first kappa shape index (κ1) is 22.1. The van der Waals surface area contributed by atoms with Crippen LogP contribution in [0.4, 0.5) is 11.5 Å². The van der Waals surface area contributed by atoms with Gasteiger partial charge in [-0.3, -0.25) is 19.8 Å². The number of hydrogen-bond acceptors (Lipinski definition) is 5. The predicted molar refractivity (Wildman–Crippen MR) is 112 cm³/mol. The zero-order valence-electron chi connectivity index (χ0n) is 15.7. The molecule has 0 unspecified atom stereocenters. The molecule has 0 fully saturated rings. The summed E-state index contributed by atoms with van der Waals surface area (Å²) in [6.45, 7) is 4.11. The third-order valence-electron chi connectivity index (χ3n) is 4.02. The number of aromatic nitrogens is 1. The van der Waals surface area contributed by atoms with Crippen LogP contribution in [-0.2, 0) is 11.3 Å². The number of unbranched alkanes of at least 4 members (excludes halogenated alkanes) is 2. The van der Waals surface area contributed by atoms with Crippen molar-refractivity contribution in [2.45, 2.75) is 39.7 Å². The molecule has 0 aliphatic rings. The van der Waals surface area contributed by atoms with Crippen LogP contribution in [0.5, 0.6) is 5.75 Å². The third kappa shape index (κ3) is 5.90. The van der Waals surface area contributed by atoms with E-state index in [4.69, 9.17) is 16.3 Å². The molecule has 7 nitrogen and oxygen atoms in total. The maximum atomic E-state index is 12.2. The summed E-state index contributed by atoms with van der Waals surface area (Å²) in [7, 11) is 0. The number of benzene rings is 1. The Bertz CT molecular complexity index is 863. The fourth-order valence-electron chi connectivity index (χ4n) is 2.55. The Labute approximate surface area is 176 Å². The van der Waals surface area contributed by atoms with E-state index in [2.05, 4.69) is 27.8 Å². The lowest BCUT2D eigenvalue weighted by molar-refractivity contribution is -0.384. The van der Waals surface area contributed by atoms with Gasteiger partial charge in [-0.15, -0.1) is 0 Å². The van der Waals surface area contributed by atoms with Crippen LogP contribution >= 0.6 is 27.5 Å². The highest BCUT2D eigenvalue weighted by atomic mass is 79.9. The molecule has 9 heteroatoms. The average Bonchev–Trinajstić information content (AvgIpc) is 2.64. The lowest BCUT2D eigenvalue weighted by atomic mass is 10.2. The minimum atomic E-state index is -0.570. The standard InChI is InChI=1S/C19H21BrClN3O4/c1-3-4-5-10-28-15-7-6-14(16(21)11-15)12-23(13(2)25)19-17(24(26)27)8-9-18(20)22-19/h6-9,11H,3-5,10,12H2,1-2H3. The van der Waals surface area contributed by atoms with Gasteiger partial charge < -0.3 is 4.74 Å². The molecule has 0 radical (unpaired) electrons. The summed E-state index contributed by atoms with van der Waals surface area (Å²) >= 11 is 9.55. The van der Waals surface area contributed by atoms with Crippen molar-refractivity contribution in [3.63, 3.8) is 0 Å². The summed E-state index contributed by atoms with van der Waals surface area (Å²) < 4.78 is 6.06. The Morgan fingerprint density at radius 3 is 2.68 bits per heavy atom. The second-order valence-corrected chi connectivity index (χ2v) is 7.37. The number of carbonyl (C=O) groups excluding carboxylic acids is 1. The van der Waals surface area contributed by atoms with E-state index in [-0.39, 0.29) is 24.0 Å².